The fraction of sp³-hybridized carbons (Fsp3) is 0.100. The molecule has 0 fully saturated rings. The van der Waals surface area contributed by atoms with Gasteiger partial charge in [-0.05, 0) is 42.3 Å². The van der Waals surface area contributed by atoms with Crippen molar-refractivity contribution >= 4 is 17.5 Å². The van der Waals surface area contributed by atoms with Crippen LogP contribution in [0, 0.1) is 5.82 Å². The summed E-state index contributed by atoms with van der Waals surface area (Å²) >= 11 is 0. The second kappa shape index (κ2) is 8.11. The van der Waals surface area contributed by atoms with Crippen LogP contribution in [0.1, 0.15) is 26.5 Å². The van der Waals surface area contributed by atoms with Crippen molar-refractivity contribution in [2.45, 2.75) is 6.42 Å². The van der Waals surface area contributed by atoms with Gasteiger partial charge in [-0.2, -0.15) is 0 Å². The third kappa shape index (κ3) is 4.16. The van der Waals surface area contributed by atoms with Crippen LogP contribution in [-0.4, -0.2) is 18.4 Å². The predicted molar refractivity (Wildman–Crippen MR) is 95.5 cm³/mol. The minimum Gasteiger partial charge on any atom is -0.459 e. The number of halogens is 1. The summed E-state index contributed by atoms with van der Waals surface area (Å²) in [5.74, 6) is -0.939. The van der Waals surface area contributed by atoms with Crippen molar-refractivity contribution in [2.75, 3.05) is 11.9 Å². The van der Waals surface area contributed by atoms with E-state index in [1.165, 1.54) is 18.4 Å². The summed E-state index contributed by atoms with van der Waals surface area (Å²) in [4.78, 5) is 24.5. The molecule has 6 heteroatoms. The van der Waals surface area contributed by atoms with Crippen molar-refractivity contribution in [1.82, 2.24) is 5.32 Å². The molecular formula is C20H17FN2O3. The lowest BCUT2D eigenvalue weighted by atomic mass is 10.1. The third-order valence-corrected chi connectivity index (χ3v) is 3.80. The summed E-state index contributed by atoms with van der Waals surface area (Å²) in [5.41, 5.74) is 1.23. The highest BCUT2D eigenvalue weighted by molar-refractivity contribution is 6.07. The number of hydrogen-bond donors (Lipinski definition) is 2. The van der Waals surface area contributed by atoms with Crippen LogP contribution in [0.3, 0.4) is 0 Å². The molecule has 2 aromatic carbocycles. The fourth-order valence-electron chi connectivity index (χ4n) is 2.49. The monoisotopic (exact) mass is 352 g/mol. The molecule has 1 heterocycles. The number of anilines is 1. The van der Waals surface area contributed by atoms with E-state index in [1.54, 1.807) is 48.5 Å². The smallest absolute Gasteiger partial charge is 0.291 e. The molecule has 0 aliphatic rings. The summed E-state index contributed by atoms with van der Waals surface area (Å²) < 4.78 is 18.7. The lowest BCUT2D eigenvalue weighted by Crippen LogP contribution is -2.27. The number of para-hydroxylation sites is 1. The molecule has 0 unspecified atom stereocenters. The number of furan rings is 1. The molecule has 0 bridgehead atoms. The van der Waals surface area contributed by atoms with Gasteiger partial charge in [0.25, 0.3) is 11.8 Å². The van der Waals surface area contributed by atoms with Crippen LogP contribution in [-0.2, 0) is 6.42 Å². The molecule has 3 aromatic rings. The van der Waals surface area contributed by atoms with Gasteiger partial charge in [0, 0.05) is 6.54 Å². The Morgan fingerprint density at radius 3 is 2.46 bits per heavy atom. The molecule has 0 radical (unpaired) electrons. The Balaban J connectivity index is 1.64. The first-order chi connectivity index (χ1) is 12.6. The Kier molecular flexibility index (Phi) is 5.43. The quantitative estimate of drug-likeness (QED) is 0.711. The van der Waals surface area contributed by atoms with Gasteiger partial charge in [0.1, 0.15) is 5.82 Å². The molecule has 5 nitrogen and oxygen atoms in total. The average molecular weight is 352 g/mol. The van der Waals surface area contributed by atoms with Crippen LogP contribution >= 0.6 is 0 Å². The van der Waals surface area contributed by atoms with Crippen molar-refractivity contribution in [3.05, 3.63) is 89.6 Å². The molecule has 0 atom stereocenters. The maximum absolute atomic E-state index is 13.6. The molecule has 2 amide bonds. The minimum absolute atomic E-state index is 0.153. The zero-order valence-corrected chi connectivity index (χ0v) is 13.9. The Morgan fingerprint density at radius 2 is 1.69 bits per heavy atom. The Bertz CT molecular complexity index is 907. The van der Waals surface area contributed by atoms with E-state index in [9.17, 15) is 14.0 Å². The van der Waals surface area contributed by atoms with Crippen molar-refractivity contribution in [3.63, 3.8) is 0 Å². The highest BCUT2D eigenvalue weighted by Crippen LogP contribution is 2.16. The zero-order chi connectivity index (χ0) is 18.4. The molecule has 1 aromatic heterocycles. The Labute approximate surface area is 149 Å². The molecule has 0 aliphatic heterocycles. The van der Waals surface area contributed by atoms with Gasteiger partial charge < -0.3 is 15.1 Å². The highest BCUT2D eigenvalue weighted by Gasteiger charge is 2.15. The molecule has 132 valence electrons. The molecule has 0 saturated heterocycles. The molecular weight excluding hydrogens is 335 g/mol. The van der Waals surface area contributed by atoms with Gasteiger partial charge in [-0.25, -0.2) is 4.39 Å². The second-order valence-corrected chi connectivity index (χ2v) is 5.57. The van der Waals surface area contributed by atoms with Crippen LogP contribution in [0.2, 0.25) is 0 Å². The van der Waals surface area contributed by atoms with Gasteiger partial charge in [-0.3, -0.25) is 9.59 Å². The molecule has 26 heavy (non-hydrogen) atoms. The van der Waals surface area contributed by atoms with Crippen LogP contribution < -0.4 is 10.6 Å². The van der Waals surface area contributed by atoms with E-state index in [1.807, 2.05) is 0 Å². The highest BCUT2D eigenvalue weighted by atomic mass is 19.1. The topological polar surface area (TPSA) is 71.3 Å². The van der Waals surface area contributed by atoms with Crippen molar-refractivity contribution in [2.24, 2.45) is 0 Å². The van der Waals surface area contributed by atoms with E-state index in [4.69, 9.17) is 4.42 Å². The standard InChI is InChI=1S/C20H17FN2O3/c21-16-8-3-1-6-14(16)11-12-22-19(24)15-7-2-4-9-17(15)23-20(25)18-10-5-13-26-18/h1-10,13H,11-12H2,(H,22,24)(H,23,25). The largest absolute Gasteiger partial charge is 0.459 e. The first kappa shape index (κ1) is 17.4. The van der Waals surface area contributed by atoms with Crippen LogP contribution in [0.5, 0.6) is 0 Å². The lowest BCUT2D eigenvalue weighted by Gasteiger charge is -2.11. The summed E-state index contributed by atoms with van der Waals surface area (Å²) in [5, 5.41) is 5.40. The van der Waals surface area contributed by atoms with Crippen molar-refractivity contribution < 1.29 is 18.4 Å². The Morgan fingerprint density at radius 1 is 0.923 bits per heavy atom. The molecule has 0 spiro atoms. The number of nitrogens with one attached hydrogen (secondary N) is 2. The normalized spacial score (nSPS) is 10.3. The molecule has 0 aliphatic carbocycles. The second-order valence-electron chi connectivity index (χ2n) is 5.57. The maximum Gasteiger partial charge on any atom is 0.291 e. The van der Waals surface area contributed by atoms with Gasteiger partial charge >= 0.3 is 0 Å². The third-order valence-electron chi connectivity index (χ3n) is 3.80. The van der Waals surface area contributed by atoms with Gasteiger partial charge in [-0.15, -0.1) is 0 Å². The average Bonchev–Trinajstić information content (AvgIpc) is 3.18. The molecule has 0 saturated carbocycles. The number of rotatable bonds is 6. The van der Waals surface area contributed by atoms with E-state index < -0.39 is 5.91 Å². The van der Waals surface area contributed by atoms with Crippen LogP contribution in [0.25, 0.3) is 0 Å². The number of hydrogen-bond acceptors (Lipinski definition) is 3. The SMILES string of the molecule is O=C(Nc1ccccc1C(=O)NCCc1ccccc1F)c1ccco1. The molecule has 3 rings (SSSR count). The van der Waals surface area contributed by atoms with Gasteiger partial charge in [0.05, 0.1) is 17.5 Å². The summed E-state index contributed by atoms with van der Waals surface area (Å²) in [6.07, 6.45) is 1.77. The van der Waals surface area contributed by atoms with Gasteiger partial charge in [0.2, 0.25) is 0 Å². The van der Waals surface area contributed by atoms with Crippen molar-refractivity contribution in [1.29, 1.82) is 0 Å². The van der Waals surface area contributed by atoms with E-state index in [0.717, 1.165) is 0 Å². The van der Waals surface area contributed by atoms with Crippen LogP contribution in [0.15, 0.2) is 71.3 Å². The van der Waals surface area contributed by atoms with Gasteiger partial charge in [-0.1, -0.05) is 30.3 Å². The maximum atomic E-state index is 13.6. The lowest BCUT2D eigenvalue weighted by molar-refractivity contribution is 0.0955. The number of carbonyl (C=O) groups excluding carboxylic acids is 2. The number of benzene rings is 2. The summed E-state index contributed by atoms with van der Waals surface area (Å²) in [6, 6.07) is 16.2. The van der Waals surface area contributed by atoms with Gasteiger partial charge in [0.15, 0.2) is 5.76 Å². The zero-order valence-electron chi connectivity index (χ0n) is 13.9. The molecule has 2 N–H and O–H groups in total. The van der Waals surface area contributed by atoms with Crippen molar-refractivity contribution in [3.8, 4) is 0 Å². The number of carbonyl (C=O) groups is 2. The van der Waals surface area contributed by atoms with E-state index in [2.05, 4.69) is 10.6 Å². The van der Waals surface area contributed by atoms with E-state index in [0.29, 0.717) is 23.2 Å². The van der Waals surface area contributed by atoms with E-state index >= 15 is 0 Å². The minimum atomic E-state index is -0.443. The Hall–Kier alpha value is -3.41. The van der Waals surface area contributed by atoms with Crippen LogP contribution in [0.4, 0.5) is 10.1 Å². The van der Waals surface area contributed by atoms with E-state index in [-0.39, 0.29) is 24.0 Å². The summed E-state index contributed by atoms with van der Waals surface area (Å²) in [7, 11) is 0. The first-order valence-corrected chi connectivity index (χ1v) is 8.10. The first-order valence-electron chi connectivity index (χ1n) is 8.10. The number of amides is 2. The predicted octanol–water partition coefficient (Wildman–Crippen LogP) is 3.64. The fourth-order valence-corrected chi connectivity index (χ4v) is 2.49. The summed E-state index contributed by atoms with van der Waals surface area (Å²) in [6.45, 7) is 0.278.